The van der Waals surface area contributed by atoms with E-state index >= 15 is 0 Å². The van der Waals surface area contributed by atoms with Gasteiger partial charge in [0.15, 0.2) is 0 Å². The van der Waals surface area contributed by atoms with Crippen LogP contribution in [0.3, 0.4) is 0 Å². The molecule has 0 N–H and O–H groups in total. The van der Waals surface area contributed by atoms with Crippen LogP contribution in [0.25, 0.3) is 39.1 Å². The van der Waals surface area contributed by atoms with Gasteiger partial charge in [0.1, 0.15) is 8.07 Å². The molecule has 3 heterocycles. The van der Waals surface area contributed by atoms with Crippen molar-refractivity contribution in [2.75, 3.05) is 0 Å². The number of aromatic nitrogens is 2. The van der Waals surface area contributed by atoms with Crippen LogP contribution in [0.2, 0.25) is 12.1 Å². The fourth-order valence-electron chi connectivity index (χ4n) is 6.06. The molecule has 0 fully saturated rings. The quantitative estimate of drug-likeness (QED) is 0.140. The van der Waals surface area contributed by atoms with Gasteiger partial charge in [0.2, 0.25) is 0 Å². The number of para-hydroxylation sites is 1. The van der Waals surface area contributed by atoms with E-state index in [4.69, 9.17) is 10.3 Å². The van der Waals surface area contributed by atoms with Crippen LogP contribution in [0.4, 0.5) is 11.4 Å². The monoisotopic (exact) mass is 567 g/mol. The molecule has 0 atom stereocenters. The topological polar surface area (TPSA) is 39.9 Å². The van der Waals surface area contributed by atoms with Gasteiger partial charge in [-0.15, -0.1) is 35.6 Å². The smallest absolute Gasteiger partial charge is 0.657 e. The van der Waals surface area contributed by atoms with Crippen molar-refractivity contribution in [1.29, 1.82) is 0 Å². The molecule has 0 radical (unpaired) electrons. The van der Waals surface area contributed by atoms with Gasteiger partial charge < -0.3 is 5.32 Å². The molecule has 6 rings (SSSR count). The van der Waals surface area contributed by atoms with E-state index in [9.17, 15) is 0 Å². The second kappa shape index (κ2) is 11.7. The first-order valence-electron chi connectivity index (χ1n) is 13.6. The Labute approximate surface area is 242 Å². The third kappa shape index (κ3) is 4.97. The van der Waals surface area contributed by atoms with E-state index in [1.807, 2.05) is 42.6 Å². The summed E-state index contributed by atoms with van der Waals surface area (Å²) in [7, 11) is -1.95. The second-order valence-electron chi connectivity index (χ2n) is 10.0. The summed E-state index contributed by atoms with van der Waals surface area (Å²) < 4.78 is 0. The van der Waals surface area contributed by atoms with Crippen LogP contribution in [0.1, 0.15) is 26.7 Å². The normalized spacial score (nSPS) is 12.8. The summed E-state index contributed by atoms with van der Waals surface area (Å²) in [4.78, 5) is 9.91. The van der Waals surface area contributed by atoms with Crippen molar-refractivity contribution in [2.24, 2.45) is 0 Å². The zero-order valence-corrected chi connectivity index (χ0v) is 24.3. The third-order valence-electron chi connectivity index (χ3n) is 7.58. The van der Waals surface area contributed by atoms with E-state index < -0.39 is 8.07 Å². The number of rotatable bonds is 8. The van der Waals surface area contributed by atoms with E-state index in [1.54, 1.807) is 0 Å². The number of hydrogen-bond donors (Lipinski definition) is 0. The molecule has 0 spiro atoms. The molecule has 5 aromatic rings. The van der Waals surface area contributed by atoms with E-state index in [-0.39, 0.29) is 16.5 Å². The van der Waals surface area contributed by atoms with Crippen LogP contribution < -0.4 is 10.4 Å². The molecule has 0 bridgehead atoms. The van der Waals surface area contributed by atoms with Crippen molar-refractivity contribution in [1.82, 2.24) is 9.97 Å². The standard InChI is InChI=1S/C34H31N3Si.Ni/c1-3-22-38(23-4-2)31-18-11-17-30(36-27-14-6-5-7-15-27)33(31)34-32(38)20-19-29(37-34)26-13-10-12-25(24-26)28-16-8-9-21-35-28;/h5-21H,3-4,22-23H2,1-2H3;/q-2;+2. The Morgan fingerprint density at radius 1 is 0.692 bits per heavy atom. The van der Waals surface area contributed by atoms with Crippen LogP contribution in [-0.4, -0.2) is 18.0 Å². The van der Waals surface area contributed by atoms with Crippen molar-refractivity contribution in [3.63, 3.8) is 0 Å². The second-order valence-corrected chi connectivity index (χ2v) is 14.3. The minimum absolute atomic E-state index is 0. The van der Waals surface area contributed by atoms with Crippen LogP contribution in [0, 0.1) is 6.07 Å². The molecule has 3 aromatic carbocycles. The van der Waals surface area contributed by atoms with Crippen LogP contribution in [0.5, 0.6) is 0 Å². The maximum Gasteiger partial charge on any atom is 2.00 e. The minimum atomic E-state index is -1.95. The number of fused-ring (bicyclic) bond motifs is 3. The Hall–Kier alpha value is -3.53. The van der Waals surface area contributed by atoms with Crippen molar-refractivity contribution in [3.05, 3.63) is 115 Å². The van der Waals surface area contributed by atoms with Crippen LogP contribution in [0.15, 0.2) is 103 Å². The minimum Gasteiger partial charge on any atom is -0.657 e. The maximum absolute atomic E-state index is 5.38. The average molecular weight is 568 g/mol. The molecule has 3 nitrogen and oxygen atoms in total. The summed E-state index contributed by atoms with van der Waals surface area (Å²) in [6.07, 6.45) is 4.17. The fraction of sp³-hybridized carbons (Fsp3) is 0.176. The summed E-state index contributed by atoms with van der Waals surface area (Å²) in [6, 6.07) is 39.8. The number of nitrogens with zero attached hydrogens (tertiary/aromatic N) is 3. The van der Waals surface area contributed by atoms with Crippen molar-refractivity contribution < 1.29 is 16.5 Å². The van der Waals surface area contributed by atoms with Gasteiger partial charge in [0.25, 0.3) is 0 Å². The third-order valence-corrected chi connectivity index (χ3v) is 13.2. The molecule has 2 aromatic heterocycles. The maximum atomic E-state index is 5.38. The molecule has 1 aliphatic heterocycles. The van der Waals surface area contributed by atoms with Gasteiger partial charge in [0.05, 0.1) is 5.69 Å². The molecule has 0 saturated carbocycles. The van der Waals surface area contributed by atoms with Crippen LogP contribution in [-0.2, 0) is 16.5 Å². The fourth-order valence-corrected chi connectivity index (χ4v) is 11.6. The van der Waals surface area contributed by atoms with Gasteiger partial charge in [-0.25, -0.2) is 0 Å². The molecular formula is C34H31N3NiSi. The Bertz CT molecular complexity index is 1560. The zero-order chi connectivity index (χ0) is 26.0. The number of hydrogen-bond acceptors (Lipinski definition) is 2. The Morgan fingerprint density at radius 2 is 1.41 bits per heavy atom. The van der Waals surface area contributed by atoms with Gasteiger partial charge in [-0.3, -0.25) is 9.97 Å². The predicted octanol–water partition coefficient (Wildman–Crippen LogP) is 8.31. The largest absolute Gasteiger partial charge is 2.00 e. The Morgan fingerprint density at radius 3 is 2.13 bits per heavy atom. The Balaban J connectivity index is 0.00000308. The molecule has 0 amide bonds. The summed E-state index contributed by atoms with van der Waals surface area (Å²) >= 11 is 0. The van der Waals surface area contributed by atoms with E-state index in [0.29, 0.717) is 0 Å². The summed E-state index contributed by atoms with van der Waals surface area (Å²) in [5.41, 5.74) is 8.18. The van der Waals surface area contributed by atoms with E-state index in [2.05, 4.69) is 85.6 Å². The first-order valence-corrected chi connectivity index (χ1v) is 16.0. The molecule has 0 saturated heterocycles. The first-order chi connectivity index (χ1) is 18.7. The SMILES string of the molecule is CCC[Si]1(CCC)c2ccc(-c3[c-]c(-c4ccccn4)ccc3)nc2-c2c([N-]c3ccccc3)cccc21.[Ni+2]. The van der Waals surface area contributed by atoms with Crippen molar-refractivity contribution in [3.8, 4) is 33.8 Å². The first kappa shape index (κ1) is 27.1. The summed E-state index contributed by atoms with van der Waals surface area (Å²) in [5, 5.41) is 8.09. The van der Waals surface area contributed by atoms with Gasteiger partial charge in [-0.05, 0) is 34.1 Å². The summed E-state index contributed by atoms with van der Waals surface area (Å²) in [6.45, 7) is 4.64. The molecule has 1 aliphatic rings. The molecule has 196 valence electrons. The number of benzene rings is 3. The van der Waals surface area contributed by atoms with Gasteiger partial charge in [-0.1, -0.05) is 111 Å². The van der Waals surface area contributed by atoms with Crippen LogP contribution >= 0.6 is 0 Å². The summed E-state index contributed by atoms with van der Waals surface area (Å²) in [5.74, 6) is 0. The van der Waals surface area contributed by atoms with Crippen molar-refractivity contribution >= 4 is 29.8 Å². The molecule has 39 heavy (non-hydrogen) atoms. The molecular weight excluding hydrogens is 537 g/mol. The molecule has 0 aliphatic carbocycles. The van der Waals surface area contributed by atoms with E-state index in [1.165, 1.54) is 40.9 Å². The van der Waals surface area contributed by atoms with Gasteiger partial charge >= 0.3 is 16.5 Å². The molecule has 5 heteroatoms. The van der Waals surface area contributed by atoms with Gasteiger partial charge in [-0.2, -0.15) is 0 Å². The molecule has 0 unspecified atom stereocenters. The zero-order valence-electron chi connectivity index (χ0n) is 22.3. The predicted molar refractivity (Wildman–Crippen MR) is 162 cm³/mol. The average Bonchev–Trinajstić information content (AvgIpc) is 3.24. The Kier molecular flexibility index (Phi) is 8.11. The van der Waals surface area contributed by atoms with Crippen molar-refractivity contribution in [2.45, 2.75) is 38.8 Å². The van der Waals surface area contributed by atoms with Gasteiger partial charge in [0, 0.05) is 17.6 Å². The van der Waals surface area contributed by atoms with E-state index in [0.717, 1.165) is 39.6 Å². The number of pyridine rings is 2.